The van der Waals surface area contributed by atoms with Crippen molar-refractivity contribution < 1.29 is 0 Å². The predicted molar refractivity (Wildman–Crippen MR) is 59.3 cm³/mol. The predicted octanol–water partition coefficient (Wildman–Crippen LogP) is 3.14. The summed E-state index contributed by atoms with van der Waals surface area (Å²) in [5, 5.41) is 1.40. The van der Waals surface area contributed by atoms with Gasteiger partial charge < -0.3 is 4.98 Å². The molecule has 2 rings (SSSR count). The molecule has 0 unspecified atom stereocenters. The number of hydrogen-bond acceptors (Lipinski definition) is 1. The van der Waals surface area contributed by atoms with Crippen LogP contribution in [-0.4, -0.2) is 4.98 Å². The lowest BCUT2D eigenvalue weighted by Crippen LogP contribution is -2.03. The Morgan fingerprint density at radius 2 is 1.93 bits per heavy atom. The Balaban J connectivity index is 3.02. The van der Waals surface area contributed by atoms with E-state index in [1.165, 1.54) is 6.20 Å². The summed E-state index contributed by atoms with van der Waals surface area (Å²) in [4.78, 5) is 14.5. The Labute approximate surface area is 90.5 Å². The number of pyridine rings is 1. The molecule has 1 N–H and O–H groups in total. The van der Waals surface area contributed by atoms with Crippen molar-refractivity contribution in [1.29, 1.82) is 0 Å². The molecule has 0 atom stereocenters. The number of H-pyrrole nitrogens is 1. The third-order valence-corrected chi connectivity index (χ3v) is 2.89. The molecule has 1 aromatic carbocycles. The van der Waals surface area contributed by atoms with Crippen molar-refractivity contribution in [2.75, 3.05) is 0 Å². The Hall–Kier alpha value is -0.990. The summed E-state index contributed by atoms with van der Waals surface area (Å²) < 4.78 is 0. The number of aromatic amines is 1. The molecule has 0 aliphatic heterocycles. The Morgan fingerprint density at radius 3 is 2.64 bits per heavy atom. The van der Waals surface area contributed by atoms with Crippen molar-refractivity contribution in [3.63, 3.8) is 0 Å². The summed E-state index contributed by atoms with van der Waals surface area (Å²) >= 11 is 11.6. The van der Waals surface area contributed by atoms with Gasteiger partial charge in [0.15, 0.2) is 0 Å². The van der Waals surface area contributed by atoms with E-state index < -0.39 is 0 Å². The molecule has 4 heteroatoms. The van der Waals surface area contributed by atoms with Crippen molar-refractivity contribution in [2.45, 2.75) is 6.92 Å². The molecule has 1 heterocycles. The highest BCUT2D eigenvalue weighted by Gasteiger charge is 2.06. The van der Waals surface area contributed by atoms with Crippen molar-refractivity contribution in [2.24, 2.45) is 0 Å². The molecular weight excluding hydrogens is 221 g/mol. The third-order valence-electron chi connectivity index (χ3n) is 2.20. The van der Waals surface area contributed by atoms with Crippen LogP contribution < -0.4 is 5.43 Å². The zero-order chi connectivity index (χ0) is 10.3. The van der Waals surface area contributed by atoms with E-state index in [0.717, 1.165) is 11.1 Å². The monoisotopic (exact) mass is 227 g/mol. The Kier molecular flexibility index (Phi) is 2.25. The summed E-state index contributed by atoms with van der Waals surface area (Å²) in [6, 6.07) is 3.38. The zero-order valence-electron chi connectivity index (χ0n) is 7.40. The zero-order valence-corrected chi connectivity index (χ0v) is 8.91. The highest BCUT2D eigenvalue weighted by molar-refractivity contribution is 6.32. The van der Waals surface area contributed by atoms with Gasteiger partial charge >= 0.3 is 0 Å². The van der Waals surface area contributed by atoms with Gasteiger partial charge in [0.1, 0.15) is 5.02 Å². The van der Waals surface area contributed by atoms with Crippen LogP contribution in [-0.2, 0) is 0 Å². The van der Waals surface area contributed by atoms with Gasteiger partial charge in [-0.2, -0.15) is 0 Å². The number of hydrogen-bond donors (Lipinski definition) is 1. The lowest BCUT2D eigenvalue weighted by molar-refractivity contribution is 1.35. The second-order valence-electron chi connectivity index (χ2n) is 3.06. The number of nitrogens with one attached hydrogen (secondary N) is 1. The molecule has 0 aliphatic rings. The first-order valence-electron chi connectivity index (χ1n) is 4.07. The maximum Gasteiger partial charge on any atom is 0.207 e. The van der Waals surface area contributed by atoms with Crippen LogP contribution in [0.25, 0.3) is 10.9 Å². The molecule has 72 valence electrons. The van der Waals surface area contributed by atoms with E-state index in [1.807, 2.05) is 6.92 Å². The Bertz CT molecular complexity index is 560. The molecule has 0 saturated heterocycles. The lowest BCUT2D eigenvalue weighted by atomic mass is 10.1. The first-order valence-corrected chi connectivity index (χ1v) is 4.83. The number of halogens is 2. The van der Waals surface area contributed by atoms with Crippen LogP contribution in [0.2, 0.25) is 10.0 Å². The molecular formula is C10H7Cl2NO. The van der Waals surface area contributed by atoms with Crippen LogP contribution in [0.1, 0.15) is 5.56 Å². The van der Waals surface area contributed by atoms with Gasteiger partial charge in [0.05, 0.1) is 5.52 Å². The van der Waals surface area contributed by atoms with Crippen molar-refractivity contribution in [3.05, 3.63) is 44.2 Å². The van der Waals surface area contributed by atoms with Gasteiger partial charge in [-0.15, -0.1) is 0 Å². The standard InChI is InChI=1S/C10H7Cl2NO/c1-5-7(11)3-2-6-9(5)13-4-8(12)10(6)14/h2-4H,1H3,(H,13,14). The molecule has 2 aromatic rings. The van der Waals surface area contributed by atoms with Gasteiger partial charge in [-0.25, -0.2) is 0 Å². The molecule has 1 aromatic heterocycles. The maximum atomic E-state index is 11.6. The van der Waals surface area contributed by atoms with Gasteiger partial charge in [-0.3, -0.25) is 4.79 Å². The van der Waals surface area contributed by atoms with E-state index in [0.29, 0.717) is 10.4 Å². The van der Waals surface area contributed by atoms with Crippen LogP contribution in [0.15, 0.2) is 23.1 Å². The van der Waals surface area contributed by atoms with Gasteiger partial charge in [-0.1, -0.05) is 23.2 Å². The molecule has 0 amide bonds. The number of aromatic nitrogens is 1. The molecule has 0 fully saturated rings. The van der Waals surface area contributed by atoms with Crippen LogP contribution in [0, 0.1) is 6.92 Å². The van der Waals surface area contributed by atoms with E-state index in [2.05, 4.69) is 4.98 Å². The largest absolute Gasteiger partial charge is 0.359 e. The fraction of sp³-hybridized carbons (Fsp3) is 0.100. The quantitative estimate of drug-likeness (QED) is 0.738. The lowest BCUT2D eigenvalue weighted by Gasteiger charge is -2.03. The van der Waals surface area contributed by atoms with Crippen molar-refractivity contribution in [3.8, 4) is 0 Å². The third kappa shape index (κ3) is 1.31. The normalized spacial score (nSPS) is 10.8. The SMILES string of the molecule is Cc1c(Cl)ccc2c(=O)c(Cl)c[nH]c12. The second-order valence-corrected chi connectivity index (χ2v) is 3.88. The molecule has 2 nitrogen and oxygen atoms in total. The number of rotatable bonds is 0. The topological polar surface area (TPSA) is 32.9 Å². The first-order chi connectivity index (χ1) is 6.61. The van der Waals surface area contributed by atoms with Gasteiger partial charge in [0.2, 0.25) is 5.43 Å². The van der Waals surface area contributed by atoms with Crippen LogP contribution in [0.5, 0.6) is 0 Å². The summed E-state index contributed by atoms with van der Waals surface area (Å²) in [7, 11) is 0. The maximum absolute atomic E-state index is 11.6. The highest BCUT2D eigenvalue weighted by atomic mass is 35.5. The summed E-state index contributed by atoms with van der Waals surface area (Å²) in [6.45, 7) is 1.86. The van der Waals surface area contributed by atoms with E-state index in [-0.39, 0.29) is 10.5 Å². The number of fused-ring (bicyclic) bond motifs is 1. The minimum Gasteiger partial charge on any atom is -0.359 e. The van der Waals surface area contributed by atoms with E-state index in [4.69, 9.17) is 23.2 Å². The number of benzene rings is 1. The minimum absolute atomic E-state index is 0.166. The molecule has 0 aliphatic carbocycles. The van der Waals surface area contributed by atoms with Crippen LogP contribution in [0.4, 0.5) is 0 Å². The van der Waals surface area contributed by atoms with Crippen molar-refractivity contribution >= 4 is 34.1 Å². The fourth-order valence-electron chi connectivity index (χ4n) is 1.39. The molecule has 0 radical (unpaired) electrons. The van der Waals surface area contributed by atoms with E-state index in [1.54, 1.807) is 12.1 Å². The summed E-state index contributed by atoms with van der Waals surface area (Å²) in [5.41, 5.74) is 1.44. The van der Waals surface area contributed by atoms with Gasteiger partial charge in [-0.05, 0) is 24.6 Å². The molecule has 0 spiro atoms. The fourth-order valence-corrected chi connectivity index (χ4v) is 1.71. The highest BCUT2D eigenvalue weighted by Crippen LogP contribution is 2.22. The van der Waals surface area contributed by atoms with Crippen molar-refractivity contribution in [1.82, 2.24) is 4.98 Å². The summed E-state index contributed by atoms with van der Waals surface area (Å²) in [5.74, 6) is 0. The summed E-state index contributed by atoms with van der Waals surface area (Å²) in [6.07, 6.45) is 1.48. The van der Waals surface area contributed by atoms with Crippen LogP contribution in [0.3, 0.4) is 0 Å². The minimum atomic E-state index is -0.166. The van der Waals surface area contributed by atoms with Gasteiger partial charge in [0.25, 0.3) is 0 Å². The average Bonchev–Trinajstić information content (AvgIpc) is 2.17. The first kappa shape index (κ1) is 9.56. The smallest absolute Gasteiger partial charge is 0.207 e. The number of aryl methyl sites for hydroxylation is 1. The molecule has 0 saturated carbocycles. The molecule has 14 heavy (non-hydrogen) atoms. The van der Waals surface area contributed by atoms with E-state index >= 15 is 0 Å². The Morgan fingerprint density at radius 1 is 1.21 bits per heavy atom. The second kappa shape index (κ2) is 3.30. The van der Waals surface area contributed by atoms with Gasteiger partial charge in [0, 0.05) is 16.6 Å². The molecule has 0 bridgehead atoms. The van der Waals surface area contributed by atoms with Crippen LogP contribution >= 0.6 is 23.2 Å². The average molecular weight is 228 g/mol. The van der Waals surface area contributed by atoms with E-state index in [9.17, 15) is 4.79 Å².